The topological polar surface area (TPSA) is 23.5 Å². The number of para-hydroxylation sites is 1. The Bertz CT molecular complexity index is 444. The van der Waals surface area contributed by atoms with E-state index in [-0.39, 0.29) is 5.75 Å². The third-order valence-corrected chi connectivity index (χ3v) is 5.05. The van der Waals surface area contributed by atoms with Crippen molar-refractivity contribution in [3.63, 3.8) is 0 Å². The van der Waals surface area contributed by atoms with Crippen LogP contribution < -0.4 is 0 Å². The predicted octanol–water partition coefficient (Wildman–Crippen LogP) is 3.69. The van der Waals surface area contributed by atoms with Gasteiger partial charge in [-0.1, -0.05) is 25.0 Å². The molecule has 1 saturated heterocycles. The number of phenolic OH excluding ortho intramolecular Hbond substituents is 1. The summed E-state index contributed by atoms with van der Waals surface area (Å²) in [4.78, 5) is 2.35. The maximum Gasteiger partial charge on any atom is 0.165 e. The zero-order valence-electron chi connectivity index (χ0n) is 11.4. The van der Waals surface area contributed by atoms with E-state index in [1.807, 2.05) is 6.07 Å². The zero-order valence-corrected chi connectivity index (χ0v) is 11.4. The molecule has 104 valence electrons. The van der Waals surface area contributed by atoms with Crippen LogP contribution in [0.15, 0.2) is 18.2 Å². The summed E-state index contributed by atoms with van der Waals surface area (Å²) in [6.07, 6.45) is 8.11. The van der Waals surface area contributed by atoms with E-state index in [0.717, 1.165) is 13.1 Å². The van der Waals surface area contributed by atoms with Crippen LogP contribution in [0.25, 0.3) is 0 Å². The van der Waals surface area contributed by atoms with E-state index in [2.05, 4.69) is 4.90 Å². The Morgan fingerprint density at radius 1 is 1.11 bits per heavy atom. The summed E-state index contributed by atoms with van der Waals surface area (Å²) in [6, 6.07) is 4.80. The van der Waals surface area contributed by atoms with Crippen molar-refractivity contribution in [2.75, 3.05) is 13.1 Å². The fraction of sp³-hybridized carbons (Fsp3) is 0.625. The first kappa shape index (κ1) is 12.9. The minimum atomic E-state index is -0.512. The number of likely N-dealkylation sites (tertiary alicyclic amines) is 1. The molecule has 1 heterocycles. The van der Waals surface area contributed by atoms with Crippen molar-refractivity contribution in [1.29, 1.82) is 0 Å². The number of rotatable bonds is 2. The normalized spacial score (nSPS) is 23.0. The first-order chi connectivity index (χ1) is 9.19. The van der Waals surface area contributed by atoms with Crippen molar-refractivity contribution in [3.8, 4) is 5.75 Å². The Kier molecular flexibility index (Phi) is 3.48. The number of hydrogen-bond donors (Lipinski definition) is 1. The lowest BCUT2D eigenvalue weighted by Gasteiger charge is -2.39. The van der Waals surface area contributed by atoms with Crippen LogP contribution >= 0.6 is 0 Å². The van der Waals surface area contributed by atoms with E-state index < -0.39 is 5.82 Å². The van der Waals surface area contributed by atoms with Gasteiger partial charge in [0.1, 0.15) is 0 Å². The van der Waals surface area contributed by atoms with Gasteiger partial charge in [-0.3, -0.25) is 4.90 Å². The Morgan fingerprint density at radius 3 is 2.47 bits per heavy atom. The number of aromatic hydroxyl groups is 1. The fourth-order valence-electron chi connectivity index (χ4n) is 3.74. The van der Waals surface area contributed by atoms with E-state index in [9.17, 15) is 9.50 Å². The van der Waals surface area contributed by atoms with Crippen molar-refractivity contribution in [2.45, 2.75) is 45.1 Å². The van der Waals surface area contributed by atoms with Gasteiger partial charge in [0.25, 0.3) is 0 Å². The minimum Gasteiger partial charge on any atom is -0.505 e. The first-order valence-corrected chi connectivity index (χ1v) is 7.37. The molecule has 0 radical (unpaired) electrons. The number of hydrogen-bond acceptors (Lipinski definition) is 2. The van der Waals surface area contributed by atoms with E-state index in [1.165, 1.54) is 44.6 Å². The van der Waals surface area contributed by atoms with Gasteiger partial charge >= 0.3 is 0 Å². The van der Waals surface area contributed by atoms with Gasteiger partial charge in [0.05, 0.1) is 0 Å². The van der Waals surface area contributed by atoms with Gasteiger partial charge in [0.2, 0.25) is 0 Å². The quantitative estimate of drug-likeness (QED) is 0.879. The summed E-state index contributed by atoms with van der Waals surface area (Å²) < 4.78 is 13.3. The van der Waals surface area contributed by atoms with E-state index in [1.54, 1.807) is 6.07 Å². The van der Waals surface area contributed by atoms with E-state index >= 15 is 0 Å². The SMILES string of the molecule is Oc1c(F)cccc1CN1CCC2(CCCC2)CC1. The fourth-order valence-corrected chi connectivity index (χ4v) is 3.74. The van der Waals surface area contributed by atoms with Crippen LogP contribution in [0.3, 0.4) is 0 Å². The van der Waals surface area contributed by atoms with Gasteiger partial charge in [-0.25, -0.2) is 4.39 Å². The van der Waals surface area contributed by atoms with Crippen molar-refractivity contribution >= 4 is 0 Å². The molecular weight excluding hydrogens is 241 g/mol. The average molecular weight is 263 g/mol. The summed E-state index contributed by atoms with van der Waals surface area (Å²) in [7, 11) is 0. The lowest BCUT2D eigenvalue weighted by atomic mass is 9.77. The molecule has 1 spiro atoms. The minimum absolute atomic E-state index is 0.177. The number of phenols is 1. The first-order valence-electron chi connectivity index (χ1n) is 7.37. The number of halogens is 1. The molecule has 1 aliphatic heterocycles. The van der Waals surface area contributed by atoms with E-state index in [0.29, 0.717) is 17.5 Å². The standard InChI is InChI=1S/C16H22FNO/c17-14-5-3-4-13(15(14)19)12-18-10-8-16(9-11-18)6-1-2-7-16/h3-5,19H,1-2,6-12H2. The Balaban J connectivity index is 1.61. The van der Waals surface area contributed by atoms with Crippen LogP contribution in [0.4, 0.5) is 4.39 Å². The maximum atomic E-state index is 13.3. The number of nitrogens with zero attached hydrogens (tertiary/aromatic N) is 1. The van der Waals surface area contributed by atoms with Crippen molar-refractivity contribution < 1.29 is 9.50 Å². The molecule has 0 amide bonds. The monoisotopic (exact) mass is 263 g/mol. The van der Waals surface area contributed by atoms with Crippen molar-refractivity contribution in [3.05, 3.63) is 29.6 Å². The summed E-state index contributed by atoms with van der Waals surface area (Å²) in [5.41, 5.74) is 1.32. The second-order valence-corrected chi connectivity index (χ2v) is 6.23. The molecule has 3 rings (SSSR count). The molecule has 2 aliphatic rings. The molecule has 0 atom stereocenters. The predicted molar refractivity (Wildman–Crippen MR) is 73.5 cm³/mol. The van der Waals surface area contributed by atoms with Crippen LogP contribution in [0.5, 0.6) is 5.75 Å². The molecule has 1 aromatic rings. The van der Waals surface area contributed by atoms with E-state index in [4.69, 9.17) is 0 Å². The molecule has 0 bridgehead atoms. The average Bonchev–Trinajstić information content (AvgIpc) is 2.86. The number of benzene rings is 1. The summed E-state index contributed by atoms with van der Waals surface area (Å²) >= 11 is 0. The molecule has 2 nitrogen and oxygen atoms in total. The molecule has 1 aromatic carbocycles. The highest BCUT2D eigenvalue weighted by molar-refractivity contribution is 5.33. The third-order valence-electron chi connectivity index (χ3n) is 5.05. The highest BCUT2D eigenvalue weighted by Gasteiger charge is 2.36. The van der Waals surface area contributed by atoms with Gasteiger partial charge in [0.15, 0.2) is 11.6 Å². The van der Waals surface area contributed by atoms with Crippen LogP contribution in [0.1, 0.15) is 44.1 Å². The Morgan fingerprint density at radius 2 is 1.79 bits per heavy atom. The van der Waals surface area contributed by atoms with Gasteiger partial charge in [-0.15, -0.1) is 0 Å². The second kappa shape index (κ2) is 5.12. The summed E-state index contributed by atoms with van der Waals surface area (Å²) in [5, 5.41) is 9.73. The second-order valence-electron chi connectivity index (χ2n) is 6.23. The lowest BCUT2D eigenvalue weighted by molar-refractivity contribution is 0.103. The molecule has 1 saturated carbocycles. The molecule has 3 heteroatoms. The van der Waals surface area contributed by atoms with Crippen LogP contribution in [-0.4, -0.2) is 23.1 Å². The molecular formula is C16H22FNO. The van der Waals surface area contributed by atoms with Gasteiger partial charge in [-0.05, 0) is 50.3 Å². The molecule has 0 unspecified atom stereocenters. The highest BCUT2D eigenvalue weighted by Crippen LogP contribution is 2.46. The highest BCUT2D eigenvalue weighted by atomic mass is 19.1. The molecule has 0 aromatic heterocycles. The molecule has 2 fully saturated rings. The van der Waals surface area contributed by atoms with Gasteiger partial charge in [0, 0.05) is 12.1 Å². The van der Waals surface area contributed by atoms with Gasteiger partial charge < -0.3 is 5.11 Å². The largest absolute Gasteiger partial charge is 0.505 e. The zero-order chi connectivity index (χ0) is 13.3. The molecule has 19 heavy (non-hydrogen) atoms. The summed E-state index contributed by atoms with van der Waals surface area (Å²) in [6.45, 7) is 2.82. The Labute approximate surface area is 114 Å². The third kappa shape index (κ3) is 2.62. The van der Waals surface area contributed by atoms with Crippen LogP contribution in [0, 0.1) is 11.2 Å². The lowest BCUT2D eigenvalue weighted by Crippen LogP contribution is -2.38. The molecule has 1 N–H and O–H groups in total. The van der Waals surface area contributed by atoms with Crippen molar-refractivity contribution in [1.82, 2.24) is 4.90 Å². The maximum absolute atomic E-state index is 13.3. The molecule has 1 aliphatic carbocycles. The van der Waals surface area contributed by atoms with Crippen molar-refractivity contribution in [2.24, 2.45) is 5.41 Å². The van der Waals surface area contributed by atoms with Gasteiger partial charge in [-0.2, -0.15) is 0 Å². The smallest absolute Gasteiger partial charge is 0.165 e. The van der Waals surface area contributed by atoms with Crippen LogP contribution in [0.2, 0.25) is 0 Å². The van der Waals surface area contributed by atoms with Crippen LogP contribution in [-0.2, 0) is 6.54 Å². The Hall–Kier alpha value is -1.09. The summed E-state index contributed by atoms with van der Waals surface area (Å²) in [5.74, 6) is -0.689. The number of piperidine rings is 1.